The van der Waals surface area contributed by atoms with E-state index in [2.05, 4.69) is 41.7 Å². The number of nitrogens with one attached hydrogen (secondary N) is 1. The standard InChI is InChI=1S/C21H24N4/c22-13-15-2-1-3-16(12-15)14-25-21(17-4-8-19(23)9-5-17)18-6-10-20(24)11-7-18/h1-12,21,25H,13-14,22-24H2. The van der Waals surface area contributed by atoms with Crippen LogP contribution in [0.15, 0.2) is 72.8 Å². The highest BCUT2D eigenvalue weighted by Crippen LogP contribution is 2.24. The highest BCUT2D eigenvalue weighted by molar-refractivity contribution is 5.45. The summed E-state index contributed by atoms with van der Waals surface area (Å²) >= 11 is 0. The first kappa shape index (κ1) is 17.0. The van der Waals surface area contributed by atoms with Crippen LogP contribution in [0.25, 0.3) is 0 Å². The van der Waals surface area contributed by atoms with E-state index < -0.39 is 0 Å². The molecule has 0 aliphatic heterocycles. The third-order valence-corrected chi connectivity index (χ3v) is 4.28. The molecule has 0 aliphatic carbocycles. The fraction of sp³-hybridized carbons (Fsp3) is 0.143. The van der Waals surface area contributed by atoms with Crippen LogP contribution in [-0.2, 0) is 13.1 Å². The molecule has 0 unspecified atom stereocenters. The summed E-state index contributed by atoms with van der Waals surface area (Å²) in [5.74, 6) is 0. The van der Waals surface area contributed by atoms with Gasteiger partial charge in [-0.15, -0.1) is 0 Å². The van der Waals surface area contributed by atoms with Crippen LogP contribution < -0.4 is 22.5 Å². The van der Waals surface area contributed by atoms with Gasteiger partial charge in [0.05, 0.1) is 6.04 Å². The van der Waals surface area contributed by atoms with Crippen molar-refractivity contribution in [2.45, 2.75) is 19.1 Å². The van der Waals surface area contributed by atoms with Gasteiger partial charge in [-0.05, 0) is 46.5 Å². The van der Waals surface area contributed by atoms with Gasteiger partial charge in [-0.1, -0.05) is 48.5 Å². The molecule has 0 aliphatic rings. The van der Waals surface area contributed by atoms with Gasteiger partial charge in [-0.25, -0.2) is 0 Å². The number of nitrogens with two attached hydrogens (primary N) is 3. The van der Waals surface area contributed by atoms with E-state index in [1.54, 1.807) is 0 Å². The van der Waals surface area contributed by atoms with Crippen LogP contribution in [0.4, 0.5) is 11.4 Å². The van der Waals surface area contributed by atoms with E-state index >= 15 is 0 Å². The molecule has 0 saturated carbocycles. The summed E-state index contributed by atoms with van der Waals surface area (Å²) in [6, 6.07) is 24.3. The van der Waals surface area contributed by atoms with Gasteiger partial charge in [0.1, 0.15) is 0 Å². The highest BCUT2D eigenvalue weighted by atomic mass is 14.9. The molecule has 3 aromatic carbocycles. The largest absolute Gasteiger partial charge is 0.399 e. The number of nitrogen functional groups attached to an aromatic ring is 2. The molecule has 3 rings (SSSR count). The molecule has 0 heterocycles. The van der Waals surface area contributed by atoms with Crippen molar-refractivity contribution in [3.63, 3.8) is 0 Å². The Hall–Kier alpha value is -2.82. The number of rotatable bonds is 6. The van der Waals surface area contributed by atoms with Gasteiger partial charge >= 0.3 is 0 Å². The summed E-state index contributed by atoms with van der Waals surface area (Å²) in [6.45, 7) is 1.29. The van der Waals surface area contributed by atoms with Gasteiger partial charge in [-0.2, -0.15) is 0 Å². The minimum absolute atomic E-state index is 0.0581. The van der Waals surface area contributed by atoms with Crippen molar-refractivity contribution in [1.82, 2.24) is 5.32 Å². The van der Waals surface area contributed by atoms with Gasteiger partial charge in [0.25, 0.3) is 0 Å². The van der Waals surface area contributed by atoms with Crippen molar-refractivity contribution in [2.24, 2.45) is 5.73 Å². The molecule has 4 nitrogen and oxygen atoms in total. The zero-order valence-electron chi connectivity index (χ0n) is 14.2. The first-order valence-corrected chi connectivity index (χ1v) is 8.38. The minimum Gasteiger partial charge on any atom is -0.399 e. The van der Waals surface area contributed by atoms with Crippen LogP contribution in [0.1, 0.15) is 28.3 Å². The zero-order chi connectivity index (χ0) is 17.6. The van der Waals surface area contributed by atoms with E-state index in [0.29, 0.717) is 6.54 Å². The Morgan fingerprint density at radius 2 is 1.24 bits per heavy atom. The molecule has 0 amide bonds. The molecule has 0 bridgehead atoms. The Balaban J connectivity index is 1.85. The van der Waals surface area contributed by atoms with Gasteiger partial charge < -0.3 is 22.5 Å². The van der Waals surface area contributed by atoms with E-state index in [-0.39, 0.29) is 6.04 Å². The maximum atomic E-state index is 5.83. The topological polar surface area (TPSA) is 90.1 Å². The van der Waals surface area contributed by atoms with Crippen molar-refractivity contribution in [2.75, 3.05) is 11.5 Å². The maximum Gasteiger partial charge on any atom is 0.0579 e. The monoisotopic (exact) mass is 332 g/mol. The van der Waals surface area contributed by atoms with E-state index in [4.69, 9.17) is 17.2 Å². The fourth-order valence-electron chi connectivity index (χ4n) is 2.89. The van der Waals surface area contributed by atoms with E-state index in [1.165, 1.54) is 5.56 Å². The quantitative estimate of drug-likeness (QED) is 0.522. The lowest BCUT2D eigenvalue weighted by Crippen LogP contribution is -2.22. The Kier molecular flexibility index (Phi) is 5.33. The molecule has 0 radical (unpaired) electrons. The Morgan fingerprint density at radius 1 is 0.720 bits per heavy atom. The summed E-state index contributed by atoms with van der Waals surface area (Å²) in [5.41, 5.74) is 23.6. The Morgan fingerprint density at radius 3 is 1.76 bits per heavy atom. The van der Waals surface area contributed by atoms with E-state index in [0.717, 1.165) is 34.6 Å². The van der Waals surface area contributed by atoms with E-state index in [1.807, 2.05) is 36.4 Å². The lowest BCUT2D eigenvalue weighted by Gasteiger charge is -2.20. The summed E-state index contributed by atoms with van der Waals surface area (Å²) < 4.78 is 0. The summed E-state index contributed by atoms with van der Waals surface area (Å²) in [4.78, 5) is 0. The van der Waals surface area contributed by atoms with Crippen LogP contribution in [0.2, 0.25) is 0 Å². The number of anilines is 2. The van der Waals surface area contributed by atoms with Gasteiger partial charge in [0.2, 0.25) is 0 Å². The molecule has 128 valence electrons. The third-order valence-electron chi connectivity index (χ3n) is 4.28. The predicted octanol–water partition coefficient (Wildman–Crippen LogP) is 3.19. The minimum atomic E-state index is 0.0581. The average molecular weight is 332 g/mol. The van der Waals surface area contributed by atoms with Crippen molar-refractivity contribution in [3.8, 4) is 0 Å². The fourth-order valence-corrected chi connectivity index (χ4v) is 2.89. The van der Waals surface area contributed by atoms with Gasteiger partial charge in [0, 0.05) is 24.5 Å². The lowest BCUT2D eigenvalue weighted by molar-refractivity contribution is 0.605. The van der Waals surface area contributed by atoms with Crippen LogP contribution in [0, 0.1) is 0 Å². The Labute approximate surface area is 148 Å². The first-order valence-electron chi connectivity index (χ1n) is 8.38. The van der Waals surface area contributed by atoms with Crippen LogP contribution in [0.3, 0.4) is 0 Å². The zero-order valence-corrected chi connectivity index (χ0v) is 14.2. The number of benzene rings is 3. The van der Waals surface area contributed by atoms with Gasteiger partial charge in [0.15, 0.2) is 0 Å². The SMILES string of the molecule is NCc1cccc(CNC(c2ccc(N)cc2)c2ccc(N)cc2)c1. The molecule has 0 aromatic heterocycles. The molecule has 25 heavy (non-hydrogen) atoms. The predicted molar refractivity (Wildman–Crippen MR) is 105 cm³/mol. The number of hydrogen-bond donors (Lipinski definition) is 4. The molecule has 0 saturated heterocycles. The maximum absolute atomic E-state index is 5.83. The average Bonchev–Trinajstić information content (AvgIpc) is 2.65. The molecule has 3 aromatic rings. The molecule has 0 fully saturated rings. The first-order chi connectivity index (χ1) is 12.2. The lowest BCUT2D eigenvalue weighted by atomic mass is 9.97. The van der Waals surface area contributed by atoms with Crippen LogP contribution in [0.5, 0.6) is 0 Å². The normalized spacial score (nSPS) is 11.0. The molecule has 4 heteroatoms. The molecule has 0 atom stereocenters. The second-order valence-electron chi connectivity index (χ2n) is 6.17. The molecular formula is C21H24N4. The second-order valence-corrected chi connectivity index (χ2v) is 6.17. The van der Waals surface area contributed by atoms with Crippen molar-refractivity contribution in [1.29, 1.82) is 0 Å². The van der Waals surface area contributed by atoms with Crippen molar-refractivity contribution < 1.29 is 0 Å². The number of hydrogen-bond acceptors (Lipinski definition) is 4. The van der Waals surface area contributed by atoms with Crippen molar-refractivity contribution in [3.05, 3.63) is 95.1 Å². The summed E-state index contributed by atoms with van der Waals surface area (Å²) in [5, 5.41) is 3.64. The molecule has 7 N–H and O–H groups in total. The van der Waals surface area contributed by atoms with Crippen LogP contribution >= 0.6 is 0 Å². The molecular weight excluding hydrogens is 308 g/mol. The Bertz CT molecular complexity index is 765. The van der Waals surface area contributed by atoms with Gasteiger partial charge in [-0.3, -0.25) is 0 Å². The second kappa shape index (κ2) is 7.83. The third kappa shape index (κ3) is 4.38. The summed E-state index contributed by atoms with van der Waals surface area (Å²) in [6.07, 6.45) is 0. The van der Waals surface area contributed by atoms with E-state index in [9.17, 15) is 0 Å². The van der Waals surface area contributed by atoms with Crippen molar-refractivity contribution >= 4 is 11.4 Å². The highest BCUT2D eigenvalue weighted by Gasteiger charge is 2.13. The molecule has 0 spiro atoms. The summed E-state index contributed by atoms with van der Waals surface area (Å²) in [7, 11) is 0. The smallest absolute Gasteiger partial charge is 0.0579 e. The van der Waals surface area contributed by atoms with Crippen LogP contribution in [-0.4, -0.2) is 0 Å².